The zero-order valence-corrected chi connectivity index (χ0v) is 16.4. The highest BCUT2D eigenvalue weighted by atomic mass is 16.5. The fourth-order valence-electron chi connectivity index (χ4n) is 4.66. The van der Waals surface area contributed by atoms with Gasteiger partial charge in [-0.15, -0.1) is 0 Å². The van der Waals surface area contributed by atoms with Crippen LogP contribution in [0.2, 0.25) is 0 Å². The van der Waals surface area contributed by atoms with Crippen molar-refractivity contribution in [2.75, 3.05) is 32.7 Å². The highest BCUT2D eigenvalue weighted by molar-refractivity contribution is 5.75. The largest absolute Gasteiger partial charge is 0.373 e. The summed E-state index contributed by atoms with van der Waals surface area (Å²) < 4.78 is 8.11. The lowest BCUT2D eigenvalue weighted by molar-refractivity contribution is -0.0732. The molecule has 2 saturated heterocycles. The molecule has 0 N–H and O–H groups in total. The zero-order chi connectivity index (χ0) is 18.1. The number of hydrogen-bond donors (Lipinski definition) is 0. The summed E-state index contributed by atoms with van der Waals surface area (Å²) in [6, 6.07) is 8.42. The molecule has 0 spiro atoms. The molecule has 0 aliphatic carbocycles. The van der Waals surface area contributed by atoms with E-state index < -0.39 is 0 Å². The molecular weight excluding hydrogens is 324 g/mol. The number of hydrogen-bond acceptors (Lipinski definition) is 4. The van der Waals surface area contributed by atoms with Crippen LogP contribution in [0.4, 0.5) is 0 Å². The van der Waals surface area contributed by atoms with E-state index in [2.05, 4.69) is 59.5 Å². The van der Waals surface area contributed by atoms with Gasteiger partial charge in [0.15, 0.2) is 0 Å². The molecule has 3 heterocycles. The molecule has 2 aromatic rings. The summed E-state index contributed by atoms with van der Waals surface area (Å²) in [5.41, 5.74) is 2.34. The molecule has 4 rings (SSSR count). The summed E-state index contributed by atoms with van der Waals surface area (Å²) in [7, 11) is 2.14. The van der Waals surface area contributed by atoms with Crippen LogP contribution in [0, 0.1) is 5.92 Å². The Morgan fingerprint density at radius 2 is 1.73 bits per heavy atom. The Morgan fingerprint density at radius 1 is 1.04 bits per heavy atom. The van der Waals surface area contributed by atoms with Crippen molar-refractivity contribution in [1.29, 1.82) is 0 Å². The topological polar surface area (TPSA) is 33.5 Å². The minimum Gasteiger partial charge on any atom is -0.373 e. The Balaban J connectivity index is 1.30. The third-order valence-electron chi connectivity index (χ3n) is 5.96. The molecule has 0 amide bonds. The number of aromatic nitrogens is 2. The monoisotopic (exact) mass is 356 g/mol. The molecule has 2 aliphatic heterocycles. The van der Waals surface area contributed by atoms with Crippen molar-refractivity contribution in [3.05, 3.63) is 30.1 Å². The van der Waals surface area contributed by atoms with Crippen LogP contribution < -0.4 is 0 Å². The zero-order valence-electron chi connectivity index (χ0n) is 16.4. The van der Waals surface area contributed by atoms with Crippen LogP contribution in [0.3, 0.4) is 0 Å². The van der Waals surface area contributed by atoms with Crippen molar-refractivity contribution < 1.29 is 4.74 Å². The SMILES string of the molecule is CC1CN(CC2CCN(Cc3nc4ccccc4n3C)CC2)CC(C)O1. The Hall–Kier alpha value is -1.43. The molecule has 2 aliphatic rings. The molecule has 1 aromatic carbocycles. The van der Waals surface area contributed by atoms with Crippen LogP contribution in [0.1, 0.15) is 32.5 Å². The number of piperidine rings is 1. The standard InChI is InChI=1S/C21H32N4O/c1-16-12-25(13-17(2)26-16)14-18-8-10-24(11-9-18)15-21-22-19-6-4-5-7-20(19)23(21)3/h4-7,16-18H,8-15H2,1-3H3. The number of likely N-dealkylation sites (tertiary alicyclic amines) is 1. The molecule has 5 heteroatoms. The molecule has 2 unspecified atom stereocenters. The minimum atomic E-state index is 0.372. The second-order valence-corrected chi connectivity index (χ2v) is 8.27. The second-order valence-electron chi connectivity index (χ2n) is 8.27. The number of ether oxygens (including phenoxy) is 1. The van der Waals surface area contributed by atoms with Gasteiger partial charge >= 0.3 is 0 Å². The van der Waals surface area contributed by atoms with E-state index in [-0.39, 0.29) is 0 Å². The van der Waals surface area contributed by atoms with Gasteiger partial charge in [0.25, 0.3) is 0 Å². The Bertz CT molecular complexity index is 725. The van der Waals surface area contributed by atoms with Crippen molar-refractivity contribution >= 4 is 11.0 Å². The molecule has 5 nitrogen and oxygen atoms in total. The molecule has 0 radical (unpaired) electrons. The average molecular weight is 357 g/mol. The van der Waals surface area contributed by atoms with Crippen molar-refractivity contribution in [2.45, 2.75) is 45.4 Å². The molecule has 1 aromatic heterocycles. The van der Waals surface area contributed by atoms with Crippen molar-refractivity contribution in [2.24, 2.45) is 13.0 Å². The van der Waals surface area contributed by atoms with Gasteiger partial charge in [0, 0.05) is 26.7 Å². The lowest BCUT2D eigenvalue weighted by atomic mass is 9.95. The van der Waals surface area contributed by atoms with Gasteiger partial charge in [-0.05, 0) is 57.8 Å². The van der Waals surface area contributed by atoms with Crippen LogP contribution in [0.25, 0.3) is 11.0 Å². The lowest BCUT2D eigenvalue weighted by Crippen LogP contribution is -2.48. The second kappa shape index (κ2) is 7.67. The smallest absolute Gasteiger partial charge is 0.123 e. The molecule has 2 fully saturated rings. The third kappa shape index (κ3) is 3.95. The van der Waals surface area contributed by atoms with Crippen LogP contribution in [-0.2, 0) is 18.3 Å². The first kappa shape index (κ1) is 18.0. The van der Waals surface area contributed by atoms with E-state index in [1.54, 1.807) is 0 Å². The predicted octanol–water partition coefficient (Wildman–Crippen LogP) is 2.89. The van der Waals surface area contributed by atoms with Gasteiger partial charge in [0.2, 0.25) is 0 Å². The van der Waals surface area contributed by atoms with Gasteiger partial charge in [-0.1, -0.05) is 12.1 Å². The average Bonchev–Trinajstić information content (AvgIpc) is 2.92. The van der Waals surface area contributed by atoms with E-state index in [4.69, 9.17) is 9.72 Å². The number of morpholine rings is 1. The summed E-state index contributed by atoms with van der Waals surface area (Å²) in [4.78, 5) is 10.0. The summed E-state index contributed by atoms with van der Waals surface area (Å²) in [6.07, 6.45) is 3.33. The third-order valence-corrected chi connectivity index (χ3v) is 5.96. The molecule has 0 saturated carbocycles. The van der Waals surface area contributed by atoms with E-state index in [0.717, 1.165) is 31.1 Å². The fraction of sp³-hybridized carbons (Fsp3) is 0.667. The Morgan fingerprint density at radius 3 is 2.42 bits per heavy atom. The quantitative estimate of drug-likeness (QED) is 0.843. The van der Waals surface area contributed by atoms with Gasteiger partial charge in [-0.25, -0.2) is 4.98 Å². The fourth-order valence-corrected chi connectivity index (χ4v) is 4.66. The summed E-state index contributed by atoms with van der Waals surface area (Å²) >= 11 is 0. The predicted molar refractivity (Wildman–Crippen MR) is 105 cm³/mol. The van der Waals surface area contributed by atoms with Gasteiger partial charge < -0.3 is 9.30 Å². The van der Waals surface area contributed by atoms with Crippen LogP contribution in [0.5, 0.6) is 0 Å². The Kier molecular flexibility index (Phi) is 5.30. The first-order valence-electron chi connectivity index (χ1n) is 10.1. The molecule has 26 heavy (non-hydrogen) atoms. The Labute approximate surface area is 156 Å². The maximum Gasteiger partial charge on any atom is 0.123 e. The molecule has 142 valence electrons. The van der Waals surface area contributed by atoms with Crippen molar-refractivity contribution in [3.8, 4) is 0 Å². The van der Waals surface area contributed by atoms with Crippen LogP contribution in [0.15, 0.2) is 24.3 Å². The first-order chi connectivity index (χ1) is 12.6. The molecular formula is C21H32N4O. The molecule has 2 atom stereocenters. The van der Waals surface area contributed by atoms with Gasteiger partial charge in [-0.2, -0.15) is 0 Å². The normalized spacial score (nSPS) is 26.6. The van der Waals surface area contributed by atoms with E-state index in [0.29, 0.717) is 12.2 Å². The number of fused-ring (bicyclic) bond motifs is 1. The number of benzene rings is 1. The number of para-hydroxylation sites is 2. The highest BCUT2D eigenvalue weighted by Crippen LogP contribution is 2.23. The maximum absolute atomic E-state index is 5.87. The van der Waals surface area contributed by atoms with Crippen molar-refractivity contribution in [1.82, 2.24) is 19.4 Å². The number of nitrogens with zero attached hydrogens (tertiary/aromatic N) is 4. The van der Waals surface area contributed by atoms with E-state index in [1.165, 1.54) is 43.8 Å². The van der Waals surface area contributed by atoms with Gasteiger partial charge in [-0.3, -0.25) is 9.80 Å². The highest BCUT2D eigenvalue weighted by Gasteiger charge is 2.27. The van der Waals surface area contributed by atoms with E-state index in [9.17, 15) is 0 Å². The molecule has 0 bridgehead atoms. The lowest BCUT2D eigenvalue weighted by Gasteiger charge is -2.39. The summed E-state index contributed by atoms with van der Waals surface area (Å²) in [5, 5.41) is 0. The number of imidazole rings is 1. The van der Waals surface area contributed by atoms with Crippen LogP contribution >= 0.6 is 0 Å². The first-order valence-corrected chi connectivity index (χ1v) is 10.1. The van der Waals surface area contributed by atoms with Crippen LogP contribution in [-0.4, -0.2) is 64.3 Å². The summed E-state index contributed by atoms with van der Waals surface area (Å²) in [6.45, 7) is 11.1. The van der Waals surface area contributed by atoms with Crippen molar-refractivity contribution in [3.63, 3.8) is 0 Å². The number of aryl methyl sites for hydroxylation is 1. The minimum absolute atomic E-state index is 0.372. The van der Waals surface area contributed by atoms with E-state index >= 15 is 0 Å². The van der Waals surface area contributed by atoms with E-state index in [1.807, 2.05) is 0 Å². The number of rotatable bonds is 4. The van der Waals surface area contributed by atoms with Gasteiger partial charge in [0.1, 0.15) is 5.82 Å². The van der Waals surface area contributed by atoms with Gasteiger partial charge in [0.05, 0.1) is 29.8 Å². The summed E-state index contributed by atoms with van der Waals surface area (Å²) in [5.74, 6) is 2.00. The maximum atomic E-state index is 5.87.